The smallest absolute Gasteiger partial charge is 0.387 e. The average molecular weight is 408 g/mol. The van der Waals surface area contributed by atoms with Crippen molar-refractivity contribution in [3.63, 3.8) is 0 Å². The van der Waals surface area contributed by atoms with Crippen LogP contribution in [0.25, 0.3) is 0 Å². The zero-order valence-corrected chi connectivity index (χ0v) is 15.6. The van der Waals surface area contributed by atoms with Gasteiger partial charge in [0.05, 0.1) is 24.3 Å². The number of para-hydroxylation sites is 1. The molecule has 29 heavy (non-hydrogen) atoms. The first-order valence-corrected chi connectivity index (χ1v) is 9.28. The van der Waals surface area contributed by atoms with Crippen molar-refractivity contribution in [2.75, 3.05) is 19.6 Å². The fourth-order valence-corrected chi connectivity index (χ4v) is 3.31. The van der Waals surface area contributed by atoms with E-state index in [1.165, 1.54) is 29.4 Å². The van der Waals surface area contributed by atoms with Gasteiger partial charge >= 0.3 is 6.61 Å². The Labute approximate surface area is 166 Å². The van der Waals surface area contributed by atoms with Gasteiger partial charge in [-0.2, -0.15) is 8.78 Å². The molecule has 1 aliphatic heterocycles. The minimum atomic E-state index is -3.04. The first kappa shape index (κ1) is 20.8. The first-order valence-electron chi connectivity index (χ1n) is 9.28. The van der Waals surface area contributed by atoms with E-state index in [-0.39, 0.29) is 30.3 Å². The van der Waals surface area contributed by atoms with Crippen LogP contribution in [0.2, 0.25) is 0 Å². The van der Waals surface area contributed by atoms with E-state index in [9.17, 15) is 23.5 Å². The van der Waals surface area contributed by atoms with Crippen molar-refractivity contribution in [1.29, 1.82) is 0 Å². The summed E-state index contributed by atoms with van der Waals surface area (Å²) in [4.78, 5) is 26.7. The number of halogens is 2. The summed E-state index contributed by atoms with van der Waals surface area (Å²) in [6.45, 7) is -2.48. The lowest BCUT2D eigenvalue weighted by atomic mass is 9.96. The Morgan fingerprint density at radius 2 is 2.07 bits per heavy atom. The fraction of sp³-hybridized carbons (Fsp3) is 0.400. The summed E-state index contributed by atoms with van der Waals surface area (Å²) in [7, 11) is 0. The molecule has 1 aliphatic rings. The molecule has 3 rings (SSSR count). The number of aliphatic hydroxyl groups is 1. The number of nitrogens with zero attached hydrogens (tertiary/aromatic N) is 1. The van der Waals surface area contributed by atoms with Crippen molar-refractivity contribution in [2.45, 2.75) is 25.6 Å². The maximum Gasteiger partial charge on any atom is 0.387 e. The molecule has 0 saturated carbocycles. The third-order valence-corrected chi connectivity index (χ3v) is 4.75. The molecule has 1 aromatic carbocycles. The number of aliphatic hydroxyl groups excluding tert-OH is 1. The number of alkyl halides is 2. The predicted octanol–water partition coefficient (Wildman–Crippen LogP) is 2.58. The van der Waals surface area contributed by atoms with E-state index < -0.39 is 24.5 Å². The number of furan rings is 1. The highest BCUT2D eigenvalue weighted by atomic mass is 19.3. The van der Waals surface area contributed by atoms with Crippen LogP contribution >= 0.6 is 0 Å². The number of ether oxygens (including phenoxy) is 1. The van der Waals surface area contributed by atoms with Crippen molar-refractivity contribution >= 4 is 11.8 Å². The Morgan fingerprint density at radius 1 is 1.28 bits per heavy atom. The molecule has 0 aliphatic carbocycles. The number of nitrogens with one attached hydrogen (secondary N) is 1. The molecule has 1 saturated heterocycles. The Kier molecular flexibility index (Phi) is 6.82. The molecule has 2 amide bonds. The molecule has 1 fully saturated rings. The van der Waals surface area contributed by atoms with Gasteiger partial charge in [0.2, 0.25) is 5.91 Å². The number of likely N-dealkylation sites (tertiary alicyclic amines) is 1. The summed E-state index contributed by atoms with van der Waals surface area (Å²) in [6, 6.07) is 9.05. The molecule has 0 radical (unpaired) electrons. The van der Waals surface area contributed by atoms with Crippen LogP contribution in [-0.2, 0) is 4.79 Å². The average Bonchev–Trinajstić information content (AvgIpc) is 3.26. The number of hydrogen-bond donors (Lipinski definition) is 2. The molecule has 0 spiro atoms. The predicted molar refractivity (Wildman–Crippen MR) is 98.4 cm³/mol. The van der Waals surface area contributed by atoms with Gasteiger partial charge in [0, 0.05) is 13.1 Å². The molecular weight excluding hydrogens is 386 g/mol. The summed E-state index contributed by atoms with van der Waals surface area (Å²) in [5, 5.41) is 12.7. The zero-order chi connectivity index (χ0) is 20.8. The molecule has 156 valence electrons. The standard InChI is InChI=1S/C20H22F2N2O5/c21-20(22)29-16-7-2-1-6-14(16)19(27)24-9-3-5-13(12-24)18(26)23-11-15(25)17-8-4-10-28-17/h1-2,4,6-8,10,13,15,20,25H,3,5,9,11-12H2,(H,23,26). The van der Waals surface area contributed by atoms with Crippen molar-refractivity contribution in [2.24, 2.45) is 5.92 Å². The van der Waals surface area contributed by atoms with E-state index in [4.69, 9.17) is 4.42 Å². The van der Waals surface area contributed by atoms with Gasteiger partial charge in [-0.15, -0.1) is 0 Å². The van der Waals surface area contributed by atoms with Crippen LogP contribution < -0.4 is 10.1 Å². The topological polar surface area (TPSA) is 92.0 Å². The van der Waals surface area contributed by atoms with Gasteiger partial charge in [-0.3, -0.25) is 9.59 Å². The Balaban J connectivity index is 1.60. The number of piperidine rings is 1. The summed E-state index contributed by atoms with van der Waals surface area (Å²) < 4.78 is 34.7. The summed E-state index contributed by atoms with van der Waals surface area (Å²) >= 11 is 0. The number of carbonyl (C=O) groups excluding carboxylic acids is 2. The normalized spacial score (nSPS) is 17.8. The monoisotopic (exact) mass is 408 g/mol. The van der Waals surface area contributed by atoms with Gasteiger partial charge in [0.15, 0.2) is 0 Å². The zero-order valence-electron chi connectivity index (χ0n) is 15.6. The Morgan fingerprint density at radius 3 is 2.79 bits per heavy atom. The highest BCUT2D eigenvalue weighted by Gasteiger charge is 2.30. The van der Waals surface area contributed by atoms with Crippen molar-refractivity contribution in [1.82, 2.24) is 10.2 Å². The third kappa shape index (κ3) is 5.32. The van der Waals surface area contributed by atoms with Crippen molar-refractivity contribution in [3.8, 4) is 5.75 Å². The van der Waals surface area contributed by atoms with Crippen molar-refractivity contribution < 1.29 is 32.6 Å². The maximum atomic E-state index is 12.8. The molecule has 2 N–H and O–H groups in total. The number of hydrogen-bond acceptors (Lipinski definition) is 5. The molecule has 9 heteroatoms. The van der Waals surface area contributed by atoms with E-state index in [1.807, 2.05) is 0 Å². The molecule has 1 aromatic heterocycles. The van der Waals surface area contributed by atoms with Gasteiger partial charge in [-0.25, -0.2) is 0 Å². The van der Waals surface area contributed by atoms with Gasteiger partial charge < -0.3 is 24.5 Å². The lowest BCUT2D eigenvalue weighted by Gasteiger charge is -2.32. The van der Waals surface area contributed by atoms with E-state index in [2.05, 4.69) is 10.1 Å². The second kappa shape index (κ2) is 9.51. The molecular formula is C20H22F2N2O5. The first-order chi connectivity index (χ1) is 14.0. The van der Waals surface area contributed by atoms with Crippen molar-refractivity contribution in [3.05, 3.63) is 54.0 Å². The second-order valence-electron chi connectivity index (χ2n) is 6.74. The van der Waals surface area contributed by atoms with E-state index in [0.717, 1.165) is 0 Å². The van der Waals surface area contributed by atoms with Crippen LogP contribution in [0.5, 0.6) is 5.75 Å². The molecule has 2 unspecified atom stereocenters. The van der Waals surface area contributed by atoms with Crippen LogP contribution in [-0.4, -0.2) is 48.1 Å². The van der Waals surface area contributed by atoms with Gasteiger partial charge in [-0.1, -0.05) is 12.1 Å². The molecule has 2 atom stereocenters. The molecule has 7 nitrogen and oxygen atoms in total. The number of rotatable bonds is 7. The molecule has 2 aromatic rings. The van der Waals surface area contributed by atoms with E-state index >= 15 is 0 Å². The van der Waals surface area contributed by atoms with Gasteiger partial charge in [0.1, 0.15) is 17.6 Å². The van der Waals surface area contributed by atoms with Crippen LogP contribution in [0.15, 0.2) is 47.1 Å². The number of amides is 2. The van der Waals surface area contributed by atoms with Crippen LogP contribution in [0.3, 0.4) is 0 Å². The summed E-state index contributed by atoms with van der Waals surface area (Å²) in [6.07, 6.45) is 1.65. The quantitative estimate of drug-likeness (QED) is 0.735. The summed E-state index contributed by atoms with van der Waals surface area (Å²) in [5.74, 6) is -1.05. The van der Waals surface area contributed by atoms with Crippen LogP contribution in [0.1, 0.15) is 35.1 Å². The van der Waals surface area contributed by atoms with Crippen LogP contribution in [0.4, 0.5) is 8.78 Å². The van der Waals surface area contributed by atoms with Gasteiger partial charge in [0.25, 0.3) is 5.91 Å². The maximum absolute atomic E-state index is 12.8. The largest absolute Gasteiger partial charge is 0.467 e. The minimum Gasteiger partial charge on any atom is -0.467 e. The highest BCUT2D eigenvalue weighted by Crippen LogP contribution is 2.25. The second-order valence-corrected chi connectivity index (χ2v) is 6.74. The lowest BCUT2D eigenvalue weighted by Crippen LogP contribution is -2.46. The Bertz CT molecular complexity index is 828. The van der Waals surface area contributed by atoms with E-state index in [1.54, 1.807) is 18.2 Å². The van der Waals surface area contributed by atoms with Crippen LogP contribution in [0, 0.1) is 5.92 Å². The summed E-state index contributed by atoms with van der Waals surface area (Å²) in [5.41, 5.74) is 0.0297. The fourth-order valence-electron chi connectivity index (χ4n) is 3.31. The number of carbonyl (C=O) groups is 2. The lowest BCUT2D eigenvalue weighted by molar-refractivity contribution is -0.126. The highest BCUT2D eigenvalue weighted by molar-refractivity contribution is 5.97. The van der Waals surface area contributed by atoms with Gasteiger partial charge in [-0.05, 0) is 37.1 Å². The minimum absolute atomic E-state index is 0.0120. The number of benzene rings is 1. The molecule has 0 bridgehead atoms. The SMILES string of the molecule is O=C(NCC(O)c1ccco1)C1CCCN(C(=O)c2ccccc2OC(F)F)C1. The third-order valence-electron chi connectivity index (χ3n) is 4.75. The molecule has 2 heterocycles. The Hall–Kier alpha value is -2.94. The van der Waals surface area contributed by atoms with E-state index in [0.29, 0.717) is 25.1 Å².